The van der Waals surface area contributed by atoms with Gasteiger partial charge in [-0.3, -0.25) is 0 Å². The zero-order chi connectivity index (χ0) is 12.4. The number of unbranched alkanes of at least 4 members (excludes halogenated alkanes) is 4. The Hall–Kier alpha value is 0.400. The Morgan fingerprint density at radius 3 is 2.47 bits per heavy atom. The lowest BCUT2D eigenvalue weighted by molar-refractivity contribution is -0.0272. The molecule has 0 spiro atoms. The summed E-state index contributed by atoms with van der Waals surface area (Å²) >= 11 is 3.64. The Morgan fingerprint density at radius 2 is 1.82 bits per heavy atom. The van der Waals surface area contributed by atoms with E-state index in [1.54, 1.807) is 0 Å². The number of ether oxygens (including phenoxy) is 2. The van der Waals surface area contributed by atoms with Crippen LogP contribution in [0.25, 0.3) is 0 Å². The molecule has 0 saturated carbocycles. The summed E-state index contributed by atoms with van der Waals surface area (Å²) in [4.78, 5) is 0. The summed E-state index contributed by atoms with van der Waals surface area (Å²) in [6, 6.07) is 0. The van der Waals surface area contributed by atoms with Crippen LogP contribution in [0, 0.1) is 5.41 Å². The molecule has 1 aliphatic rings. The molecule has 1 saturated heterocycles. The SMILES string of the molecule is CCCCCCCOCC1(CBr)CCOCC1. The van der Waals surface area contributed by atoms with Crippen molar-refractivity contribution in [2.24, 2.45) is 5.41 Å². The van der Waals surface area contributed by atoms with Crippen LogP contribution in [0.15, 0.2) is 0 Å². The average molecular weight is 307 g/mol. The van der Waals surface area contributed by atoms with Crippen molar-refractivity contribution in [3.8, 4) is 0 Å². The molecule has 3 heteroatoms. The number of hydrogen-bond donors (Lipinski definition) is 0. The van der Waals surface area contributed by atoms with Crippen LogP contribution in [0.1, 0.15) is 51.9 Å². The quantitative estimate of drug-likeness (QED) is 0.470. The van der Waals surface area contributed by atoms with Gasteiger partial charge in [-0.1, -0.05) is 48.5 Å². The molecule has 0 N–H and O–H groups in total. The first kappa shape index (κ1) is 15.5. The predicted octanol–water partition coefficient (Wildman–Crippen LogP) is 4.17. The highest BCUT2D eigenvalue weighted by Gasteiger charge is 2.31. The van der Waals surface area contributed by atoms with Crippen molar-refractivity contribution in [1.82, 2.24) is 0 Å². The highest BCUT2D eigenvalue weighted by atomic mass is 79.9. The van der Waals surface area contributed by atoms with Gasteiger partial charge in [-0.15, -0.1) is 0 Å². The topological polar surface area (TPSA) is 18.5 Å². The van der Waals surface area contributed by atoms with Crippen molar-refractivity contribution in [2.45, 2.75) is 51.9 Å². The Kier molecular flexibility index (Phi) is 8.50. The first-order valence-corrected chi connectivity index (χ1v) is 8.16. The minimum Gasteiger partial charge on any atom is -0.381 e. The van der Waals surface area contributed by atoms with E-state index in [9.17, 15) is 0 Å². The highest BCUT2D eigenvalue weighted by Crippen LogP contribution is 2.32. The number of hydrogen-bond acceptors (Lipinski definition) is 2. The van der Waals surface area contributed by atoms with Gasteiger partial charge < -0.3 is 9.47 Å². The van der Waals surface area contributed by atoms with Crippen LogP contribution in [-0.2, 0) is 9.47 Å². The molecule has 0 aromatic carbocycles. The Labute approximate surface area is 115 Å². The van der Waals surface area contributed by atoms with Crippen molar-refractivity contribution < 1.29 is 9.47 Å². The maximum atomic E-state index is 5.86. The van der Waals surface area contributed by atoms with Gasteiger partial charge in [0, 0.05) is 30.6 Å². The lowest BCUT2D eigenvalue weighted by Crippen LogP contribution is -2.35. The first-order chi connectivity index (χ1) is 8.33. The van der Waals surface area contributed by atoms with Crippen molar-refractivity contribution in [3.63, 3.8) is 0 Å². The zero-order valence-electron chi connectivity index (χ0n) is 11.2. The summed E-state index contributed by atoms with van der Waals surface area (Å²) in [5.41, 5.74) is 0.335. The van der Waals surface area contributed by atoms with Gasteiger partial charge in [0.05, 0.1) is 6.61 Å². The van der Waals surface area contributed by atoms with Gasteiger partial charge in [0.2, 0.25) is 0 Å². The predicted molar refractivity (Wildman–Crippen MR) is 75.9 cm³/mol. The highest BCUT2D eigenvalue weighted by molar-refractivity contribution is 9.09. The van der Waals surface area contributed by atoms with Crippen molar-refractivity contribution in [3.05, 3.63) is 0 Å². The molecule has 1 fully saturated rings. The molecular weight excluding hydrogens is 280 g/mol. The second kappa shape index (κ2) is 9.35. The van der Waals surface area contributed by atoms with E-state index in [4.69, 9.17) is 9.47 Å². The summed E-state index contributed by atoms with van der Waals surface area (Å²) in [7, 11) is 0. The molecule has 0 aliphatic carbocycles. The molecule has 0 bridgehead atoms. The van der Waals surface area contributed by atoms with Crippen molar-refractivity contribution in [2.75, 3.05) is 31.8 Å². The molecule has 0 radical (unpaired) electrons. The first-order valence-electron chi connectivity index (χ1n) is 7.04. The summed E-state index contributed by atoms with van der Waals surface area (Å²) in [6.07, 6.45) is 8.84. The van der Waals surface area contributed by atoms with Crippen LogP contribution in [0.4, 0.5) is 0 Å². The van der Waals surface area contributed by atoms with Gasteiger partial charge in [-0.25, -0.2) is 0 Å². The van der Waals surface area contributed by atoms with E-state index in [0.29, 0.717) is 5.41 Å². The van der Waals surface area contributed by atoms with Gasteiger partial charge in [-0.2, -0.15) is 0 Å². The molecule has 102 valence electrons. The second-order valence-electron chi connectivity index (χ2n) is 5.21. The normalized spacial score (nSPS) is 19.4. The molecule has 0 amide bonds. The average Bonchev–Trinajstić information content (AvgIpc) is 2.39. The van der Waals surface area contributed by atoms with Crippen molar-refractivity contribution in [1.29, 1.82) is 0 Å². The summed E-state index contributed by atoms with van der Waals surface area (Å²) in [5, 5.41) is 1.04. The molecule has 2 nitrogen and oxygen atoms in total. The molecule has 17 heavy (non-hydrogen) atoms. The number of alkyl halides is 1. The third-order valence-electron chi connectivity index (χ3n) is 3.64. The lowest BCUT2D eigenvalue weighted by Gasteiger charge is -2.35. The molecule has 0 unspecified atom stereocenters. The van der Waals surface area contributed by atoms with Crippen LogP contribution in [0.3, 0.4) is 0 Å². The fourth-order valence-corrected chi connectivity index (χ4v) is 2.94. The third-order valence-corrected chi connectivity index (χ3v) is 4.83. The number of halogens is 1. The fourth-order valence-electron chi connectivity index (χ4n) is 2.22. The van der Waals surface area contributed by atoms with Crippen molar-refractivity contribution >= 4 is 15.9 Å². The van der Waals surface area contributed by atoms with E-state index >= 15 is 0 Å². The molecule has 0 atom stereocenters. The Morgan fingerprint density at radius 1 is 1.12 bits per heavy atom. The zero-order valence-corrected chi connectivity index (χ0v) is 12.8. The van der Waals surface area contributed by atoms with Gasteiger partial charge in [0.1, 0.15) is 0 Å². The molecular formula is C14H27BrO2. The third kappa shape index (κ3) is 6.21. The maximum Gasteiger partial charge on any atom is 0.0532 e. The molecule has 0 aromatic heterocycles. The van der Waals surface area contributed by atoms with Gasteiger partial charge in [0.15, 0.2) is 0 Å². The molecule has 1 rings (SSSR count). The van der Waals surface area contributed by atoms with E-state index < -0.39 is 0 Å². The van der Waals surface area contributed by atoms with E-state index in [2.05, 4.69) is 22.9 Å². The van der Waals surface area contributed by atoms with E-state index in [1.807, 2.05) is 0 Å². The standard InChI is InChI=1S/C14H27BrO2/c1-2-3-4-5-6-9-17-13-14(12-15)7-10-16-11-8-14/h2-13H2,1H3. The molecule has 1 heterocycles. The summed E-state index contributed by atoms with van der Waals surface area (Å²) in [6.45, 7) is 5.87. The monoisotopic (exact) mass is 306 g/mol. The van der Waals surface area contributed by atoms with Crippen LogP contribution in [-0.4, -0.2) is 31.8 Å². The largest absolute Gasteiger partial charge is 0.381 e. The minimum absolute atomic E-state index is 0.335. The lowest BCUT2D eigenvalue weighted by atomic mass is 9.83. The number of rotatable bonds is 9. The van der Waals surface area contributed by atoms with Crippen LogP contribution in [0.5, 0.6) is 0 Å². The summed E-state index contributed by atoms with van der Waals surface area (Å²) in [5.74, 6) is 0. The molecule has 1 aliphatic heterocycles. The Balaban J connectivity index is 2.03. The van der Waals surface area contributed by atoms with E-state index in [1.165, 1.54) is 32.1 Å². The smallest absolute Gasteiger partial charge is 0.0532 e. The van der Waals surface area contributed by atoms with E-state index in [0.717, 1.165) is 44.6 Å². The maximum absolute atomic E-state index is 5.86. The second-order valence-corrected chi connectivity index (χ2v) is 5.77. The fraction of sp³-hybridized carbons (Fsp3) is 1.00. The van der Waals surface area contributed by atoms with Crippen LogP contribution in [0.2, 0.25) is 0 Å². The van der Waals surface area contributed by atoms with Gasteiger partial charge >= 0.3 is 0 Å². The molecule has 0 aromatic rings. The van der Waals surface area contributed by atoms with Gasteiger partial charge in [-0.05, 0) is 19.3 Å². The van der Waals surface area contributed by atoms with E-state index in [-0.39, 0.29) is 0 Å². The minimum atomic E-state index is 0.335. The van der Waals surface area contributed by atoms with Crippen LogP contribution < -0.4 is 0 Å². The summed E-state index contributed by atoms with van der Waals surface area (Å²) < 4.78 is 11.3. The van der Waals surface area contributed by atoms with Crippen LogP contribution >= 0.6 is 15.9 Å². The van der Waals surface area contributed by atoms with Gasteiger partial charge in [0.25, 0.3) is 0 Å². The Bertz CT molecular complexity index is 179.